The normalized spacial score (nSPS) is 8.50. The fraction of sp³-hybridized carbons (Fsp3) is 1.00. The van der Waals surface area contributed by atoms with Crippen LogP contribution >= 0.6 is 0 Å². The maximum atomic E-state index is 7.95. The molecule has 36 valence electrons. The smallest absolute Gasteiger partial charge is 0.427 e. The second kappa shape index (κ2) is 3.15. The highest BCUT2D eigenvalue weighted by Crippen LogP contribution is 1.76. The van der Waals surface area contributed by atoms with Gasteiger partial charge in [-0.3, -0.25) is 0 Å². The molecule has 3 N–H and O–H groups in total. The third-order valence-electron chi connectivity index (χ3n) is 0.387. The average molecular weight is 89.9 g/mol. The molecular weight excluding hydrogens is 82.8 g/mol. The molecule has 0 atom stereocenters. The van der Waals surface area contributed by atoms with Crippen molar-refractivity contribution in [3.63, 3.8) is 0 Å². The van der Waals surface area contributed by atoms with Crippen LogP contribution in [-0.2, 0) is 0 Å². The SMILES string of the molecule is OCCB(O)O. The van der Waals surface area contributed by atoms with Gasteiger partial charge in [0, 0.05) is 12.9 Å². The summed E-state index contributed by atoms with van der Waals surface area (Å²) in [6, 6.07) is 0. The molecule has 0 aromatic rings. The van der Waals surface area contributed by atoms with E-state index in [0.29, 0.717) is 0 Å². The van der Waals surface area contributed by atoms with Gasteiger partial charge in [-0.1, -0.05) is 0 Å². The molecule has 0 radical (unpaired) electrons. The lowest BCUT2D eigenvalue weighted by atomic mass is 9.87. The van der Waals surface area contributed by atoms with Crippen molar-refractivity contribution >= 4 is 7.12 Å². The first-order valence-electron chi connectivity index (χ1n) is 1.74. The van der Waals surface area contributed by atoms with Crippen LogP contribution in [0, 0.1) is 0 Å². The van der Waals surface area contributed by atoms with E-state index in [2.05, 4.69) is 0 Å². The molecule has 0 aliphatic heterocycles. The lowest BCUT2D eigenvalue weighted by Crippen LogP contribution is -2.11. The number of aliphatic hydroxyl groups is 1. The van der Waals surface area contributed by atoms with Crippen molar-refractivity contribution in [3.8, 4) is 0 Å². The Balaban J connectivity index is 2.63. The minimum Gasteiger partial charge on any atom is -0.427 e. The summed E-state index contributed by atoms with van der Waals surface area (Å²) in [4.78, 5) is 0. The van der Waals surface area contributed by atoms with Crippen molar-refractivity contribution in [1.29, 1.82) is 0 Å². The Morgan fingerprint density at radius 2 is 1.83 bits per heavy atom. The van der Waals surface area contributed by atoms with Gasteiger partial charge >= 0.3 is 7.12 Å². The molecule has 0 aromatic carbocycles. The summed E-state index contributed by atoms with van der Waals surface area (Å²) in [6.07, 6.45) is 0.0417. The van der Waals surface area contributed by atoms with Gasteiger partial charge in [0.15, 0.2) is 0 Å². The molecule has 0 amide bonds. The molecule has 0 unspecified atom stereocenters. The maximum absolute atomic E-state index is 7.95. The topological polar surface area (TPSA) is 60.7 Å². The Bertz CT molecular complexity index is 30.0. The Hall–Kier alpha value is -0.0551. The largest absolute Gasteiger partial charge is 0.453 e. The van der Waals surface area contributed by atoms with Crippen molar-refractivity contribution in [2.45, 2.75) is 6.32 Å². The predicted molar refractivity (Wildman–Crippen MR) is 22.1 cm³/mol. The van der Waals surface area contributed by atoms with Gasteiger partial charge in [0.2, 0.25) is 0 Å². The van der Waals surface area contributed by atoms with Gasteiger partial charge in [0.25, 0.3) is 0 Å². The fourth-order valence-electron chi connectivity index (χ4n) is 0.115. The molecule has 0 spiro atoms. The van der Waals surface area contributed by atoms with Gasteiger partial charge in [0.05, 0.1) is 0 Å². The van der Waals surface area contributed by atoms with Crippen LogP contribution in [0.25, 0.3) is 0 Å². The fourth-order valence-corrected chi connectivity index (χ4v) is 0.115. The highest BCUT2D eigenvalue weighted by atomic mass is 16.4. The van der Waals surface area contributed by atoms with Crippen molar-refractivity contribution in [2.75, 3.05) is 6.61 Å². The Labute approximate surface area is 36.4 Å². The second-order valence-corrected chi connectivity index (χ2v) is 0.993. The maximum Gasteiger partial charge on any atom is 0.453 e. The summed E-state index contributed by atoms with van der Waals surface area (Å²) in [5, 5.41) is 23.8. The van der Waals surface area contributed by atoms with E-state index in [9.17, 15) is 0 Å². The zero-order chi connectivity index (χ0) is 4.99. The van der Waals surface area contributed by atoms with E-state index in [-0.39, 0.29) is 12.9 Å². The third-order valence-corrected chi connectivity index (χ3v) is 0.387. The monoisotopic (exact) mass is 90.0 g/mol. The minimum atomic E-state index is -1.35. The first kappa shape index (κ1) is 5.94. The summed E-state index contributed by atoms with van der Waals surface area (Å²) in [7, 11) is -1.35. The molecule has 0 aliphatic rings. The summed E-state index contributed by atoms with van der Waals surface area (Å²) >= 11 is 0. The van der Waals surface area contributed by atoms with Gasteiger partial charge in [-0.05, 0) is 0 Å². The van der Waals surface area contributed by atoms with E-state index in [1.807, 2.05) is 0 Å². The molecule has 0 saturated heterocycles. The molecule has 0 bridgehead atoms. The quantitative estimate of drug-likeness (QED) is 0.360. The lowest BCUT2D eigenvalue weighted by Gasteiger charge is -1.87. The van der Waals surface area contributed by atoms with Gasteiger partial charge in [-0.2, -0.15) is 0 Å². The average Bonchev–Trinajstić information content (AvgIpc) is 1.35. The molecular formula is C2H7BO3. The summed E-state index contributed by atoms with van der Waals surface area (Å²) in [6.45, 7) is -0.169. The van der Waals surface area contributed by atoms with E-state index >= 15 is 0 Å². The van der Waals surface area contributed by atoms with Crippen LogP contribution in [-0.4, -0.2) is 28.9 Å². The minimum absolute atomic E-state index is 0.0417. The highest BCUT2D eigenvalue weighted by Gasteiger charge is 2.01. The van der Waals surface area contributed by atoms with E-state index in [4.69, 9.17) is 15.2 Å². The lowest BCUT2D eigenvalue weighted by molar-refractivity contribution is 0.298. The second-order valence-electron chi connectivity index (χ2n) is 0.993. The number of aliphatic hydroxyl groups excluding tert-OH is 1. The molecule has 6 heavy (non-hydrogen) atoms. The first-order chi connectivity index (χ1) is 2.77. The molecule has 0 saturated carbocycles. The van der Waals surface area contributed by atoms with Gasteiger partial charge in [-0.25, -0.2) is 0 Å². The zero-order valence-electron chi connectivity index (χ0n) is 3.33. The Morgan fingerprint density at radius 1 is 1.33 bits per heavy atom. The number of hydrogen-bond acceptors (Lipinski definition) is 3. The molecule has 0 rings (SSSR count). The van der Waals surface area contributed by atoms with E-state index < -0.39 is 7.12 Å². The van der Waals surface area contributed by atoms with Crippen molar-refractivity contribution in [3.05, 3.63) is 0 Å². The first-order valence-corrected chi connectivity index (χ1v) is 1.74. The molecule has 3 nitrogen and oxygen atoms in total. The van der Waals surface area contributed by atoms with E-state index in [0.717, 1.165) is 0 Å². The van der Waals surface area contributed by atoms with Crippen LogP contribution in [0.2, 0.25) is 6.32 Å². The van der Waals surface area contributed by atoms with E-state index in [1.165, 1.54) is 0 Å². The van der Waals surface area contributed by atoms with Crippen LogP contribution in [0.4, 0.5) is 0 Å². The number of rotatable bonds is 2. The van der Waals surface area contributed by atoms with Crippen molar-refractivity contribution in [1.82, 2.24) is 0 Å². The van der Waals surface area contributed by atoms with Gasteiger partial charge in [-0.15, -0.1) is 0 Å². The van der Waals surface area contributed by atoms with E-state index in [1.54, 1.807) is 0 Å². The Kier molecular flexibility index (Phi) is 3.12. The Morgan fingerprint density at radius 3 is 1.83 bits per heavy atom. The molecule has 4 heteroatoms. The summed E-state index contributed by atoms with van der Waals surface area (Å²) in [5.41, 5.74) is 0. The highest BCUT2D eigenvalue weighted by molar-refractivity contribution is 6.40. The standard InChI is InChI=1S/C2H7BO3/c4-2-1-3(5)6/h4-6H,1-2H2. The molecule has 0 aliphatic carbocycles. The van der Waals surface area contributed by atoms with Crippen LogP contribution in [0.15, 0.2) is 0 Å². The third kappa shape index (κ3) is 3.94. The van der Waals surface area contributed by atoms with Crippen LogP contribution in [0.3, 0.4) is 0 Å². The van der Waals surface area contributed by atoms with Crippen molar-refractivity contribution in [2.24, 2.45) is 0 Å². The van der Waals surface area contributed by atoms with Gasteiger partial charge < -0.3 is 15.2 Å². The predicted octanol–water partition coefficient (Wildman–Crippen LogP) is -1.55. The van der Waals surface area contributed by atoms with Crippen LogP contribution in [0.1, 0.15) is 0 Å². The summed E-state index contributed by atoms with van der Waals surface area (Å²) in [5.74, 6) is 0. The van der Waals surface area contributed by atoms with Crippen LogP contribution < -0.4 is 0 Å². The molecule has 0 aromatic heterocycles. The molecule has 0 heterocycles. The van der Waals surface area contributed by atoms with Crippen LogP contribution in [0.5, 0.6) is 0 Å². The van der Waals surface area contributed by atoms with Crippen molar-refractivity contribution < 1.29 is 15.2 Å². The number of hydrogen-bond donors (Lipinski definition) is 3. The summed E-state index contributed by atoms with van der Waals surface area (Å²) < 4.78 is 0. The van der Waals surface area contributed by atoms with Gasteiger partial charge in [0.1, 0.15) is 0 Å². The zero-order valence-corrected chi connectivity index (χ0v) is 3.33. The molecule has 0 fully saturated rings.